The van der Waals surface area contributed by atoms with Gasteiger partial charge in [-0.2, -0.15) is 0 Å². The van der Waals surface area contributed by atoms with E-state index < -0.39 is 41.8 Å². The van der Waals surface area contributed by atoms with Crippen molar-refractivity contribution in [3.05, 3.63) is 101 Å². The van der Waals surface area contributed by atoms with Crippen molar-refractivity contribution in [3.8, 4) is 0 Å². The van der Waals surface area contributed by atoms with Crippen molar-refractivity contribution >= 4 is 29.6 Å². The second kappa shape index (κ2) is 9.38. The van der Waals surface area contributed by atoms with Crippen LogP contribution in [0.2, 0.25) is 0 Å². The summed E-state index contributed by atoms with van der Waals surface area (Å²) >= 11 is 0. The third-order valence-corrected chi connectivity index (χ3v) is 5.93. The normalized spacial score (nSPS) is 17.2. The summed E-state index contributed by atoms with van der Waals surface area (Å²) in [6.45, 7) is 3.14. The Balaban J connectivity index is 1.58. The highest BCUT2D eigenvalue weighted by Crippen LogP contribution is 2.36. The highest BCUT2D eigenvalue weighted by atomic mass is 19.1. The minimum absolute atomic E-state index is 0.120. The van der Waals surface area contributed by atoms with Crippen LogP contribution in [0.15, 0.2) is 72.8 Å². The van der Waals surface area contributed by atoms with Gasteiger partial charge in [0, 0.05) is 0 Å². The van der Waals surface area contributed by atoms with Crippen LogP contribution < -0.4 is 16.0 Å². The molecular formula is C26H23FN4O4. The molecular weight excluding hydrogens is 451 g/mol. The molecule has 9 heteroatoms. The molecule has 3 N–H and O–H groups in total. The number of carbonyl (C=O) groups is 4. The number of anilines is 1. The van der Waals surface area contributed by atoms with E-state index in [2.05, 4.69) is 10.6 Å². The van der Waals surface area contributed by atoms with Crippen molar-refractivity contribution in [3.63, 3.8) is 0 Å². The number of urea groups is 2. The summed E-state index contributed by atoms with van der Waals surface area (Å²) in [5, 5.41) is 7.00. The quantitative estimate of drug-likeness (QED) is 0.491. The van der Waals surface area contributed by atoms with E-state index in [0.717, 1.165) is 22.1 Å². The number of halogens is 1. The number of rotatable bonds is 5. The second-order valence-corrected chi connectivity index (χ2v) is 8.22. The predicted molar refractivity (Wildman–Crippen MR) is 127 cm³/mol. The van der Waals surface area contributed by atoms with Crippen molar-refractivity contribution in [1.82, 2.24) is 15.5 Å². The zero-order valence-corrected chi connectivity index (χ0v) is 19.1. The van der Waals surface area contributed by atoms with E-state index in [9.17, 15) is 23.6 Å². The fraction of sp³-hybridized carbons (Fsp3) is 0.154. The SMILES string of the molecule is Cc1ccc(C2(c3ccccc3)NC(=O)N(CC(=O)NC(=O)Nc3ccccc3F)C2=O)cc1C. The van der Waals surface area contributed by atoms with Crippen molar-refractivity contribution < 1.29 is 23.6 Å². The van der Waals surface area contributed by atoms with Crippen LogP contribution in [0, 0.1) is 19.7 Å². The van der Waals surface area contributed by atoms with Gasteiger partial charge in [-0.15, -0.1) is 0 Å². The highest BCUT2D eigenvalue weighted by Gasteiger charge is 2.54. The minimum atomic E-state index is -1.54. The van der Waals surface area contributed by atoms with Crippen LogP contribution in [-0.4, -0.2) is 35.3 Å². The third-order valence-electron chi connectivity index (χ3n) is 5.93. The summed E-state index contributed by atoms with van der Waals surface area (Å²) in [5.74, 6) is -2.24. The molecule has 1 fully saturated rings. The average molecular weight is 474 g/mol. The van der Waals surface area contributed by atoms with Gasteiger partial charge in [0.1, 0.15) is 12.4 Å². The number of nitrogens with zero attached hydrogens (tertiary/aromatic N) is 1. The molecule has 6 amide bonds. The molecule has 8 nitrogen and oxygen atoms in total. The molecule has 0 aromatic heterocycles. The van der Waals surface area contributed by atoms with E-state index in [4.69, 9.17) is 0 Å². The van der Waals surface area contributed by atoms with E-state index in [1.54, 1.807) is 36.4 Å². The number of carbonyl (C=O) groups excluding carboxylic acids is 4. The smallest absolute Gasteiger partial charge is 0.315 e. The molecule has 178 valence electrons. The van der Waals surface area contributed by atoms with Crippen molar-refractivity contribution in [2.24, 2.45) is 0 Å². The van der Waals surface area contributed by atoms with Gasteiger partial charge in [-0.25, -0.2) is 14.0 Å². The van der Waals surface area contributed by atoms with Gasteiger partial charge in [-0.3, -0.25) is 19.8 Å². The predicted octanol–water partition coefficient (Wildman–Crippen LogP) is 3.59. The number of para-hydroxylation sites is 1. The summed E-state index contributed by atoms with van der Waals surface area (Å²) in [7, 11) is 0. The van der Waals surface area contributed by atoms with Gasteiger partial charge >= 0.3 is 12.1 Å². The number of aryl methyl sites for hydroxylation is 2. The van der Waals surface area contributed by atoms with Crippen LogP contribution in [0.5, 0.6) is 0 Å². The number of nitrogens with one attached hydrogen (secondary N) is 3. The first kappa shape index (κ1) is 23.6. The lowest BCUT2D eigenvalue weighted by molar-refractivity contribution is -0.133. The van der Waals surface area contributed by atoms with Gasteiger partial charge in [-0.1, -0.05) is 60.7 Å². The van der Waals surface area contributed by atoms with Crippen LogP contribution in [0.1, 0.15) is 22.3 Å². The summed E-state index contributed by atoms with van der Waals surface area (Å²) in [6, 6.07) is 17.9. The molecule has 0 radical (unpaired) electrons. The van der Waals surface area contributed by atoms with Crippen LogP contribution >= 0.6 is 0 Å². The first-order valence-corrected chi connectivity index (χ1v) is 10.8. The molecule has 1 saturated heterocycles. The van der Waals surface area contributed by atoms with Crippen LogP contribution in [0.25, 0.3) is 0 Å². The first-order chi connectivity index (χ1) is 16.7. The van der Waals surface area contributed by atoms with Gasteiger partial charge in [0.25, 0.3) is 5.91 Å². The summed E-state index contributed by atoms with van der Waals surface area (Å²) in [5.41, 5.74) is 1.37. The largest absolute Gasteiger partial charge is 0.326 e. The van der Waals surface area contributed by atoms with Gasteiger partial charge in [-0.05, 0) is 48.2 Å². The Labute approximate surface area is 201 Å². The Morgan fingerprint density at radius 2 is 1.60 bits per heavy atom. The maximum atomic E-state index is 13.7. The lowest BCUT2D eigenvalue weighted by atomic mass is 9.81. The Kier molecular flexibility index (Phi) is 6.33. The fourth-order valence-corrected chi connectivity index (χ4v) is 3.97. The average Bonchev–Trinajstić information content (AvgIpc) is 3.08. The molecule has 1 unspecified atom stereocenters. The third kappa shape index (κ3) is 4.48. The minimum Gasteiger partial charge on any atom is -0.315 e. The van der Waals surface area contributed by atoms with E-state index >= 15 is 0 Å². The highest BCUT2D eigenvalue weighted by molar-refractivity contribution is 6.12. The van der Waals surface area contributed by atoms with Gasteiger partial charge in [0.2, 0.25) is 5.91 Å². The number of amides is 6. The Morgan fingerprint density at radius 3 is 2.29 bits per heavy atom. The molecule has 1 atom stereocenters. The molecule has 3 aromatic rings. The Bertz CT molecular complexity index is 1330. The second-order valence-electron chi connectivity index (χ2n) is 8.22. The van der Waals surface area contributed by atoms with E-state index in [-0.39, 0.29) is 5.69 Å². The number of hydrogen-bond donors (Lipinski definition) is 3. The zero-order chi connectivity index (χ0) is 25.2. The molecule has 0 saturated carbocycles. The van der Waals surface area contributed by atoms with Crippen molar-refractivity contribution in [2.45, 2.75) is 19.4 Å². The van der Waals surface area contributed by atoms with Gasteiger partial charge in [0.15, 0.2) is 5.54 Å². The molecule has 3 aromatic carbocycles. The molecule has 1 heterocycles. The van der Waals surface area contributed by atoms with E-state index in [1.807, 2.05) is 31.3 Å². The van der Waals surface area contributed by atoms with Crippen molar-refractivity contribution in [2.75, 3.05) is 11.9 Å². The van der Waals surface area contributed by atoms with Crippen LogP contribution in [-0.2, 0) is 15.1 Å². The zero-order valence-electron chi connectivity index (χ0n) is 19.1. The monoisotopic (exact) mass is 474 g/mol. The van der Waals surface area contributed by atoms with E-state index in [0.29, 0.717) is 11.1 Å². The summed E-state index contributed by atoms with van der Waals surface area (Å²) in [6.07, 6.45) is 0. The Hall–Kier alpha value is -4.53. The first-order valence-electron chi connectivity index (χ1n) is 10.8. The lowest BCUT2D eigenvalue weighted by Crippen LogP contribution is -2.47. The van der Waals surface area contributed by atoms with E-state index in [1.165, 1.54) is 18.2 Å². The number of benzene rings is 3. The molecule has 0 spiro atoms. The lowest BCUT2D eigenvalue weighted by Gasteiger charge is -2.28. The van der Waals surface area contributed by atoms with Gasteiger partial charge in [0.05, 0.1) is 5.69 Å². The molecule has 0 bridgehead atoms. The molecule has 1 aliphatic heterocycles. The molecule has 4 rings (SSSR count). The number of hydrogen-bond acceptors (Lipinski definition) is 4. The molecule has 1 aliphatic rings. The molecule has 0 aliphatic carbocycles. The topological polar surface area (TPSA) is 108 Å². The summed E-state index contributed by atoms with van der Waals surface area (Å²) in [4.78, 5) is 52.0. The Morgan fingerprint density at radius 1 is 0.914 bits per heavy atom. The standard InChI is InChI=1S/C26H23FN4O4/c1-16-12-13-19(14-17(16)2)26(18-8-4-3-5-9-18)23(33)31(25(35)30-26)15-22(32)29-24(34)28-21-11-7-6-10-20(21)27/h3-14H,15H2,1-2H3,(H,30,35)(H2,28,29,32,34). The van der Waals surface area contributed by atoms with Crippen LogP contribution in [0.3, 0.4) is 0 Å². The molecule has 35 heavy (non-hydrogen) atoms. The van der Waals surface area contributed by atoms with Gasteiger partial charge < -0.3 is 10.6 Å². The summed E-state index contributed by atoms with van der Waals surface area (Å²) < 4.78 is 13.7. The number of imide groups is 2. The maximum Gasteiger partial charge on any atom is 0.326 e. The maximum absolute atomic E-state index is 13.7. The van der Waals surface area contributed by atoms with Crippen molar-refractivity contribution in [1.29, 1.82) is 0 Å². The van der Waals surface area contributed by atoms with Crippen LogP contribution in [0.4, 0.5) is 19.7 Å². The fourth-order valence-electron chi connectivity index (χ4n) is 3.97.